The van der Waals surface area contributed by atoms with E-state index in [1.165, 1.54) is 0 Å². The van der Waals surface area contributed by atoms with Gasteiger partial charge in [-0.25, -0.2) is 5.43 Å². The average molecular weight is 351 g/mol. The second-order valence-electron chi connectivity index (χ2n) is 6.51. The van der Waals surface area contributed by atoms with E-state index in [4.69, 9.17) is 0 Å². The summed E-state index contributed by atoms with van der Waals surface area (Å²) in [6.07, 6.45) is 0.379. The maximum atomic E-state index is 12.2. The molecule has 5 nitrogen and oxygen atoms in total. The predicted octanol–water partition coefficient (Wildman–Crippen LogP) is 3.87. The van der Waals surface area contributed by atoms with Crippen molar-refractivity contribution in [2.75, 3.05) is 5.32 Å². The molecule has 0 bridgehead atoms. The summed E-state index contributed by atoms with van der Waals surface area (Å²) in [4.78, 5) is 24.1. The molecule has 0 saturated heterocycles. The average Bonchev–Trinajstić information content (AvgIpc) is 2.61. The van der Waals surface area contributed by atoms with Crippen molar-refractivity contribution < 1.29 is 9.59 Å². The number of anilines is 1. The van der Waals surface area contributed by atoms with Crippen molar-refractivity contribution >= 4 is 23.2 Å². The van der Waals surface area contributed by atoms with E-state index in [-0.39, 0.29) is 24.7 Å². The zero-order valence-electron chi connectivity index (χ0n) is 15.5. The minimum absolute atomic E-state index is 0.123. The number of nitrogens with one attached hydrogen (secondary N) is 2. The summed E-state index contributed by atoms with van der Waals surface area (Å²) in [7, 11) is 0. The van der Waals surface area contributed by atoms with Crippen molar-refractivity contribution in [1.82, 2.24) is 5.43 Å². The van der Waals surface area contributed by atoms with E-state index < -0.39 is 0 Å². The second kappa shape index (κ2) is 9.51. The molecule has 2 rings (SSSR count). The first-order valence-electron chi connectivity index (χ1n) is 8.70. The Hall–Kier alpha value is -2.95. The van der Waals surface area contributed by atoms with Gasteiger partial charge in [0, 0.05) is 11.4 Å². The lowest BCUT2D eigenvalue weighted by Gasteiger charge is -2.13. The van der Waals surface area contributed by atoms with Crippen molar-refractivity contribution in [2.24, 2.45) is 5.10 Å². The Morgan fingerprint density at radius 1 is 0.962 bits per heavy atom. The number of hydrogen-bond donors (Lipinski definition) is 2. The van der Waals surface area contributed by atoms with Gasteiger partial charge in [-0.15, -0.1) is 0 Å². The number of rotatable bonds is 7. The molecule has 5 heteroatoms. The molecule has 136 valence electrons. The number of carbonyl (C=O) groups excluding carboxylic acids is 2. The van der Waals surface area contributed by atoms with Gasteiger partial charge < -0.3 is 5.32 Å². The number of amides is 2. The van der Waals surface area contributed by atoms with E-state index >= 15 is 0 Å². The maximum Gasteiger partial charge on any atom is 0.244 e. The third kappa shape index (κ3) is 6.16. The van der Waals surface area contributed by atoms with Crippen LogP contribution >= 0.6 is 0 Å². The molecule has 2 aromatic carbocycles. The predicted molar refractivity (Wildman–Crippen MR) is 105 cm³/mol. The topological polar surface area (TPSA) is 70.6 Å². The highest BCUT2D eigenvalue weighted by atomic mass is 16.2. The smallest absolute Gasteiger partial charge is 0.244 e. The quantitative estimate of drug-likeness (QED) is 0.587. The van der Waals surface area contributed by atoms with Gasteiger partial charge in [-0.05, 0) is 30.0 Å². The number of hydrogen-bond acceptors (Lipinski definition) is 3. The van der Waals surface area contributed by atoms with Crippen LogP contribution in [0.25, 0.3) is 0 Å². The van der Waals surface area contributed by atoms with Crippen molar-refractivity contribution in [1.29, 1.82) is 0 Å². The number of hydrazone groups is 1. The summed E-state index contributed by atoms with van der Waals surface area (Å²) >= 11 is 0. The molecule has 0 aliphatic heterocycles. The molecule has 0 atom stereocenters. The second-order valence-corrected chi connectivity index (χ2v) is 6.51. The lowest BCUT2D eigenvalue weighted by atomic mass is 10.0. The standard InChI is InChI=1S/C21H25N3O2/c1-15(2)18-11-7-8-12-19(18)22-20(25)13-16(3)23-24-21(26)14-17-9-5-4-6-10-17/h4-12,15H,13-14H2,1-3H3,(H,22,25)(H,24,26). The lowest BCUT2D eigenvalue weighted by molar-refractivity contribution is -0.120. The summed E-state index contributed by atoms with van der Waals surface area (Å²) in [5.74, 6) is -0.0451. The van der Waals surface area contributed by atoms with E-state index in [2.05, 4.69) is 29.7 Å². The summed E-state index contributed by atoms with van der Waals surface area (Å²) in [6, 6.07) is 17.2. The Morgan fingerprint density at radius 3 is 2.31 bits per heavy atom. The van der Waals surface area contributed by atoms with Crippen LogP contribution in [0.4, 0.5) is 5.69 Å². The molecular weight excluding hydrogens is 326 g/mol. The van der Waals surface area contributed by atoms with E-state index in [9.17, 15) is 9.59 Å². The van der Waals surface area contributed by atoms with Gasteiger partial charge in [0.1, 0.15) is 0 Å². The fourth-order valence-corrected chi connectivity index (χ4v) is 2.56. The van der Waals surface area contributed by atoms with E-state index in [0.717, 1.165) is 16.8 Å². The van der Waals surface area contributed by atoms with Gasteiger partial charge in [0.15, 0.2) is 0 Å². The molecule has 2 N–H and O–H groups in total. The fraction of sp³-hybridized carbons (Fsp3) is 0.286. The van der Waals surface area contributed by atoms with Crippen LogP contribution in [0.1, 0.15) is 44.2 Å². The van der Waals surface area contributed by atoms with Crippen molar-refractivity contribution in [3.05, 3.63) is 65.7 Å². The van der Waals surface area contributed by atoms with Crippen LogP contribution in [0.5, 0.6) is 0 Å². The molecular formula is C21H25N3O2. The SMILES string of the molecule is CC(CC(=O)Nc1ccccc1C(C)C)=NNC(=O)Cc1ccccc1. The molecule has 0 aliphatic rings. The Labute approximate surface area is 154 Å². The minimum atomic E-state index is -0.207. The van der Waals surface area contributed by atoms with Gasteiger partial charge in [0.05, 0.1) is 12.8 Å². The third-order valence-corrected chi connectivity index (χ3v) is 3.85. The van der Waals surface area contributed by atoms with Crippen LogP contribution in [0, 0.1) is 0 Å². The van der Waals surface area contributed by atoms with Crippen molar-refractivity contribution in [3.63, 3.8) is 0 Å². The first-order valence-corrected chi connectivity index (χ1v) is 8.70. The molecule has 0 spiro atoms. The third-order valence-electron chi connectivity index (χ3n) is 3.85. The van der Waals surface area contributed by atoms with Gasteiger partial charge >= 0.3 is 0 Å². The Bertz CT molecular complexity index is 783. The molecule has 0 unspecified atom stereocenters. The highest BCUT2D eigenvalue weighted by Gasteiger charge is 2.10. The van der Waals surface area contributed by atoms with Gasteiger partial charge in [-0.1, -0.05) is 62.4 Å². The zero-order valence-corrected chi connectivity index (χ0v) is 15.5. The van der Waals surface area contributed by atoms with Crippen molar-refractivity contribution in [3.8, 4) is 0 Å². The molecule has 0 saturated carbocycles. The van der Waals surface area contributed by atoms with E-state index in [1.807, 2.05) is 54.6 Å². The van der Waals surface area contributed by atoms with Crippen molar-refractivity contribution in [2.45, 2.75) is 39.5 Å². The van der Waals surface area contributed by atoms with E-state index in [0.29, 0.717) is 11.6 Å². The lowest BCUT2D eigenvalue weighted by Crippen LogP contribution is -2.23. The molecule has 0 heterocycles. The van der Waals surface area contributed by atoms with Crippen LogP contribution in [0.15, 0.2) is 59.7 Å². The monoisotopic (exact) mass is 351 g/mol. The van der Waals surface area contributed by atoms with Crippen LogP contribution in [-0.2, 0) is 16.0 Å². The van der Waals surface area contributed by atoms with Gasteiger partial charge in [-0.3, -0.25) is 9.59 Å². The first-order chi connectivity index (χ1) is 12.5. The summed E-state index contributed by atoms with van der Waals surface area (Å²) in [5.41, 5.74) is 5.87. The van der Waals surface area contributed by atoms with E-state index in [1.54, 1.807) is 6.92 Å². The number of para-hydroxylation sites is 1. The Morgan fingerprint density at radius 2 is 1.62 bits per heavy atom. The highest BCUT2D eigenvalue weighted by molar-refractivity contribution is 6.06. The largest absolute Gasteiger partial charge is 0.325 e. The normalized spacial score (nSPS) is 11.3. The molecule has 26 heavy (non-hydrogen) atoms. The molecule has 0 aliphatic carbocycles. The zero-order chi connectivity index (χ0) is 18.9. The highest BCUT2D eigenvalue weighted by Crippen LogP contribution is 2.23. The molecule has 0 aromatic heterocycles. The fourth-order valence-electron chi connectivity index (χ4n) is 2.56. The Kier molecular flexibility index (Phi) is 7.09. The minimum Gasteiger partial charge on any atom is -0.325 e. The maximum absolute atomic E-state index is 12.2. The van der Waals surface area contributed by atoms with Crippen LogP contribution in [-0.4, -0.2) is 17.5 Å². The van der Waals surface area contributed by atoms with Crippen LogP contribution < -0.4 is 10.7 Å². The summed E-state index contributed by atoms with van der Waals surface area (Å²) < 4.78 is 0. The van der Waals surface area contributed by atoms with Crippen LogP contribution in [0.2, 0.25) is 0 Å². The van der Waals surface area contributed by atoms with Gasteiger partial charge in [-0.2, -0.15) is 5.10 Å². The molecule has 0 fully saturated rings. The van der Waals surface area contributed by atoms with Gasteiger partial charge in [0.25, 0.3) is 0 Å². The van der Waals surface area contributed by atoms with Crippen LogP contribution in [0.3, 0.4) is 0 Å². The Balaban J connectivity index is 1.86. The number of carbonyl (C=O) groups is 2. The first kappa shape index (κ1) is 19.4. The molecule has 2 aromatic rings. The van der Waals surface area contributed by atoms with Gasteiger partial charge in [0.2, 0.25) is 11.8 Å². The molecule has 0 radical (unpaired) electrons. The number of benzene rings is 2. The summed E-state index contributed by atoms with van der Waals surface area (Å²) in [5, 5.41) is 6.93. The number of nitrogens with zero attached hydrogens (tertiary/aromatic N) is 1. The molecule has 2 amide bonds. The summed E-state index contributed by atoms with van der Waals surface area (Å²) in [6.45, 7) is 5.89.